The zero-order valence-corrected chi connectivity index (χ0v) is 9.99. The quantitative estimate of drug-likeness (QED) is 0.692. The number of carbonyl (C=O) groups is 2. The first kappa shape index (κ1) is 13.2. The summed E-state index contributed by atoms with van der Waals surface area (Å²) in [4.78, 5) is 23.0. The molecule has 92 valence electrons. The number of amides is 2. The van der Waals surface area contributed by atoms with Crippen molar-refractivity contribution in [3.8, 4) is 0 Å². The predicted molar refractivity (Wildman–Crippen MR) is 65.1 cm³/mol. The molecule has 5 heteroatoms. The van der Waals surface area contributed by atoms with Crippen molar-refractivity contribution in [1.82, 2.24) is 5.32 Å². The lowest BCUT2D eigenvalue weighted by Gasteiger charge is -2.22. The van der Waals surface area contributed by atoms with Crippen LogP contribution < -0.4 is 16.8 Å². The van der Waals surface area contributed by atoms with Gasteiger partial charge in [0.05, 0.1) is 0 Å². The van der Waals surface area contributed by atoms with Gasteiger partial charge in [0.2, 0.25) is 5.91 Å². The number of nitrogens with one attached hydrogen (secondary N) is 1. The molecule has 0 radical (unpaired) electrons. The lowest BCUT2D eigenvalue weighted by molar-refractivity contribution is -0.122. The molecule has 17 heavy (non-hydrogen) atoms. The number of primary amides is 1. The molecule has 0 atom stereocenters. The van der Waals surface area contributed by atoms with Gasteiger partial charge < -0.3 is 16.8 Å². The third-order valence-electron chi connectivity index (χ3n) is 2.47. The third kappa shape index (κ3) is 3.29. The van der Waals surface area contributed by atoms with Crippen LogP contribution in [0.15, 0.2) is 24.3 Å². The Balaban J connectivity index is 2.86. The van der Waals surface area contributed by atoms with Crippen molar-refractivity contribution in [2.45, 2.75) is 25.9 Å². The molecule has 5 nitrogen and oxygen atoms in total. The van der Waals surface area contributed by atoms with Crippen LogP contribution in [0.1, 0.15) is 29.8 Å². The van der Waals surface area contributed by atoms with Crippen molar-refractivity contribution in [1.29, 1.82) is 0 Å². The molecule has 0 bridgehead atoms. The molecule has 1 aromatic rings. The van der Waals surface area contributed by atoms with E-state index in [0.29, 0.717) is 12.1 Å². The smallest absolute Gasteiger partial charge is 0.252 e. The molecule has 0 aliphatic carbocycles. The van der Waals surface area contributed by atoms with Gasteiger partial charge >= 0.3 is 0 Å². The Bertz CT molecular complexity index is 441. The van der Waals surface area contributed by atoms with E-state index in [1.54, 1.807) is 32.0 Å². The Labute approximate surface area is 100 Å². The summed E-state index contributed by atoms with van der Waals surface area (Å²) >= 11 is 0. The van der Waals surface area contributed by atoms with Gasteiger partial charge in [-0.15, -0.1) is 0 Å². The van der Waals surface area contributed by atoms with Crippen LogP contribution in [0.4, 0.5) is 0 Å². The van der Waals surface area contributed by atoms with E-state index in [0.717, 1.165) is 5.56 Å². The molecule has 0 spiro atoms. The van der Waals surface area contributed by atoms with Gasteiger partial charge in [0.25, 0.3) is 5.91 Å². The zero-order valence-electron chi connectivity index (χ0n) is 9.99. The van der Waals surface area contributed by atoms with Gasteiger partial charge in [-0.1, -0.05) is 12.1 Å². The Morgan fingerprint density at radius 1 is 1.35 bits per heavy atom. The summed E-state index contributed by atoms with van der Waals surface area (Å²) in [6.45, 7) is 3.47. The fourth-order valence-corrected chi connectivity index (χ4v) is 1.26. The molecule has 2 amide bonds. The molecule has 0 aliphatic rings. The van der Waals surface area contributed by atoms with Gasteiger partial charge in [-0.2, -0.15) is 0 Å². The van der Waals surface area contributed by atoms with E-state index in [1.165, 1.54) is 0 Å². The van der Waals surface area contributed by atoms with Crippen LogP contribution in [0.5, 0.6) is 0 Å². The SMILES string of the molecule is CC(C)(NC(=O)c1cccc(CN)c1)C(N)=O. The maximum Gasteiger partial charge on any atom is 0.252 e. The van der Waals surface area contributed by atoms with Gasteiger partial charge in [-0.3, -0.25) is 9.59 Å². The average Bonchev–Trinajstić information content (AvgIpc) is 2.28. The molecule has 0 aliphatic heterocycles. The first-order valence-electron chi connectivity index (χ1n) is 5.28. The Hall–Kier alpha value is -1.88. The van der Waals surface area contributed by atoms with Gasteiger partial charge in [0.1, 0.15) is 5.54 Å². The molecule has 0 saturated carbocycles. The number of nitrogens with two attached hydrogens (primary N) is 2. The highest BCUT2D eigenvalue weighted by atomic mass is 16.2. The van der Waals surface area contributed by atoms with Crippen molar-refractivity contribution in [2.24, 2.45) is 11.5 Å². The van der Waals surface area contributed by atoms with Crippen LogP contribution in [0.2, 0.25) is 0 Å². The van der Waals surface area contributed by atoms with Gasteiger partial charge in [-0.05, 0) is 31.5 Å². The third-order valence-corrected chi connectivity index (χ3v) is 2.47. The Kier molecular flexibility index (Phi) is 3.85. The summed E-state index contributed by atoms with van der Waals surface area (Å²) in [5.74, 6) is -0.926. The first-order valence-corrected chi connectivity index (χ1v) is 5.28. The van der Waals surface area contributed by atoms with Crippen LogP contribution >= 0.6 is 0 Å². The minimum Gasteiger partial charge on any atom is -0.368 e. The van der Waals surface area contributed by atoms with E-state index in [-0.39, 0.29) is 5.91 Å². The number of benzene rings is 1. The summed E-state index contributed by atoms with van der Waals surface area (Å²) in [6.07, 6.45) is 0. The fourth-order valence-electron chi connectivity index (χ4n) is 1.26. The topological polar surface area (TPSA) is 98.2 Å². The van der Waals surface area contributed by atoms with E-state index >= 15 is 0 Å². The lowest BCUT2D eigenvalue weighted by Crippen LogP contribution is -2.53. The number of carbonyl (C=O) groups excluding carboxylic acids is 2. The summed E-state index contributed by atoms with van der Waals surface area (Å²) in [5, 5.41) is 2.57. The van der Waals surface area contributed by atoms with Gasteiger partial charge in [0.15, 0.2) is 0 Å². The number of rotatable bonds is 4. The Morgan fingerprint density at radius 2 is 2.00 bits per heavy atom. The molecule has 5 N–H and O–H groups in total. The first-order chi connectivity index (χ1) is 7.86. The molecular formula is C12H17N3O2. The maximum absolute atomic E-state index is 11.9. The van der Waals surface area contributed by atoms with E-state index in [2.05, 4.69) is 5.32 Å². The minimum atomic E-state index is -1.07. The summed E-state index contributed by atoms with van der Waals surface area (Å²) < 4.78 is 0. The van der Waals surface area contributed by atoms with Crippen molar-refractivity contribution in [3.63, 3.8) is 0 Å². The molecular weight excluding hydrogens is 218 g/mol. The van der Waals surface area contributed by atoms with Gasteiger partial charge in [-0.25, -0.2) is 0 Å². The van der Waals surface area contributed by atoms with Crippen molar-refractivity contribution in [2.75, 3.05) is 0 Å². The van der Waals surface area contributed by atoms with Crippen LogP contribution in [-0.2, 0) is 11.3 Å². The van der Waals surface area contributed by atoms with Crippen LogP contribution in [0.3, 0.4) is 0 Å². The van der Waals surface area contributed by atoms with E-state index < -0.39 is 11.4 Å². The largest absolute Gasteiger partial charge is 0.368 e. The summed E-state index contributed by atoms with van der Waals surface area (Å²) in [5.41, 5.74) is 10.9. The van der Waals surface area contributed by atoms with Crippen LogP contribution in [0, 0.1) is 0 Å². The molecule has 0 saturated heterocycles. The highest BCUT2D eigenvalue weighted by molar-refractivity contribution is 5.98. The van der Waals surface area contributed by atoms with Crippen molar-refractivity contribution in [3.05, 3.63) is 35.4 Å². The second-order valence-electron chi connectivity index (χ2n) is 4.35. The highest BCUT2D eigenvalue weighted by Crippen LogP contribution is 2.07. The fraction of sp³-hybridized carbons (Fsp3) is 0.333. The number of hydrogen-bond donors (Lipinski definition) is 3. The Morgan fingerprint density at radius 3 is 2.53 bits per heavy atom. The van der Waals surface area contributed by atoms with Crippen molar-refractivity contribution >= 4 is 11.8 Å². The molecule has 1 aromatic carbocycles. The summed E-state index contributed by atoms with van der Waals surface area (Å²) in [7, 11) is 0. The zero-order chi connectivity index (χ0) is 13.1. The lowest BCUT2D eigenvalue weighted by atomic mass is 10.0. The van der Waals surface area contributed by atoms with Gasteiger partial charge in [0, 0.05) is 12.1 Å². The monoisotopic (exact) mass is 235 g/mol. The van der Waals surface area contributed by atoms with Crippen LogP contribution in [0.25, 0.3) is 0 Å². The second-order valence-corrected chi connectivity index (χ2v) is 4.35. The standard InChI is InChI=1S/C12H17N3O2/c1-12(2,11(14)17)15-10(16)9-5-3-4-8(6-9)7-13/h3-6H,7,13H2,1-2H3,(H2,14,17)(H,15,16). The average molecular weight is 235 g/mol. The van der Waals surface area contributed by atoms with Crippen LogP contribution in [-0.4, -0.2) is 17.4 Å². The van der Waals surface area contributed by atoms with E-state index in [1.807, 2.05) is 6.07 Å². The minimum absolute atomic E-state index is 0.343. The molecule has 0 aromatic heterocycles. The molecule has 0 fully saturated rings. The molecule has 1 rings (SSSR count). The predicted octanol–water partition coefficient (Wildman–Crippen LogP) is 0.139. The molecule has 0 unspecified atom stereocenters. The highest BCUT2D eigenvalue weighted by Gasteiger charge is 2.27. The van der Waals surface area contributed by atoms with E-state index in [9.17, 15) is 9.59 Å². The summed E-state index contributed by atoms with van der Waals surface area (Å²) in [6, 6.07) is 6.92. The normalized spacial score (nSPS) is 11.0. The van der Waals surface area contributed by atoms with E-state index in [4.69, 9.17) is 11.5 Å². The number of hydrogen-bond acceptors (Lipinski definition) is 3. The second kappa shape index (κ2) is 4.97. The van der Waals surface area contributed by atoms with Crippen molar-refractivity contribution < 1.29 is 9.59 Å². The molecule has 0 heterocycles. The maximum atomic E-state index is 11.9.